The van der Waals surface area contributed by atoms with E-state index < -0.39 is 10.8 Å². The summed E-state index contributed by atoms with van der Waals surface area (Å²) < 4.78 is 0. The van der Waals surface area contributed by atoms with E-state index in [0.29, 0.717) is 27.9 Å². The van der Waals surface area contributed by atoms with Crippen LogP contribution < -0.4 is 10.6 Å². The molecule has 1 aromatic heterocycles. The van der Waals surface area contributed by atoms with Crippen molar-refractivity contribution in [1.29, 1.82) is 0 Å². The van der Waals surface area contributed by atoms with Crippen LogP contribution in [0.2, 0.25) is 0 Å². The quantitative estimate of drug-likeness (QED) is 0.318. The molecule has 3 aromatic carbocycles. The lowest BCUT2D eigenvalue weighted by molar-refractivity contribution is -0.383. The van der Waals surface area contributed by atoms with Gasteiger partial charge in [-0.1, -0.05) is 36.4 Å². The van der Waals surface area contributed by atoms with Crippen molar-refractivity contribution in [2.45, 2.75) is 6.92 Å². The van der Waals surface area contributed by atoms with Gasteiger partial charge in [-0.3, -0.25) is 19.7 Å². The molecule has 4 rings (SSSR count). The van der Waals surface area contributed by atoms with Crippen molar-refractivity contribution in [3.8, 4) is 0 Å². The standard InChI is InChI=1S/C23H18N4O4/c1-14-17(22(28)24-16-8-3-2-4-9-16)10-6-11-18(14)26-23(29)19-13-15-7-5-12-20(27(30)31)21(15)25-19/h2-13,25H,1H3,(H,24,28)(H,26,29). The first-order chi connectivity index (χ1) is 14.9. The Balaban J connectivity index is 1.58. The molecule has 4 aromatic rings. The Morgan fingerprint density at radius 3 is 2.39 bits per heavy atom. The number of hydrogen-bond acceptors (Lipinski definition) is 4. The molecule has 31 heavy (non-hydrogen) atoms. The van der Waals surface area contributed by atoms with Crippen molar-refractivity contribution in [3.63, 3.8) is 0 Å². The highest BCUT2D eigenvalue weighted by molar-refractivity contribution is 6.09. The number of nitro benzene ring substituents is 1. The number of aromatic nitrogens is 1. The molecule has 0 bridgehead atoms. The Kier molecular flexibility index (Phi) is 5.19. The average molecular weight is 414 g/mol. The number of nitro groups is 1. The normalized spacial score (nSPS) is 10.6. The van der Waals surface area contributed by atoms with Gasteiger partial charge >= 0.3 is 0 Å². The second-order valence-electron chi connectivity index (χ2n) is 6.93. The molecule has 154 valence electrons. The Bertz CT molecular complexity index is 1310. The van der Waals surface area contributed by atoms with Gasteiger partial charge in [0.1, 0.15) is 11.2 Å². The maximum atomic E-state index is 12.8. The molecule has 0 unspecified atom stereocenters. The number of aromatic amines is 1. The number of amides is 2. The van der Waals surface area contributed by atoms with Gasteiger partial charge in [0.15, 0.2) is 0 Å². The molecule has 8 nitrogen and oxygen atoms in total. The zero-order valence-electron chi connectivity index (χ0n) is 16.5. The molecule has 0 radical (unpaired) electrons. The van der Waals surface area contributed by atoms with Crippen LogP contribution in [0.5, 0.6) is 0 Å². The van der Waals surface area contributed by atoms with Crippen molar-refractivity contribution >= 4 is 39.8 Å². The third-order valence-corrected chi connectivity index (χ3v) is 4.93. The summed E-state index contributed by atoms with van der Waals surface area (Å²) in [6.07, 6.45) is 0. The molecule has 0 atom stereocenters. The number of nitrogens with zero attached hydrogens (tertiary/aromatic N) is 1. The minimum absolute atomic E-state index is 0.104. The lowest BCUT2D eigenvalue weighted by Gasteiger charge is -2.12. The van der Waals surface area contributed by atoms with Crippen LogP contribution in [0.4, 0.5) is 17.1 Å². The van der Waals surface area contributed by atoms with Gasteiger partial charge < -0.3 is 15.6 Å². The molecular weight excluding hydrogens is 396 g/mol. The smallest absolute Gasteiger partial charge is 0.293 e. The molecule has 2 amide bonds. The van der Waals surface area contributed by atoms with Crippen LogP contribution in [0, 0.1) is 17.0 Å². The number of benzene rings is 3. The zero-order chi connectivity index (χ0) is 22.0. The molecule has 0 saturated heterocycles. The molecule has 0 aliphatic carbocycles. The van der Waals surface area contributed by atoms with Crippen LogP contribution in [-0.2, 0) is 0 Å². The molecule has 0 aliphatic rings. The molecule has 3 N–H and O–H groups in total. The van der Waals surface area contributed by atoms with Gasteiger partial charge in [0.25, 0.3) is 17.5 Å². The summed E-state index contributed by atoms with van der Waals surface area (Å²) in [6, 6.07) is 20.3. The zero-order valence-corrected chi connectivity index (χ0v) is 16.5. The average Bonchev–Trinajstić information content (AvgIpc) is 3.20. The number of anilines is 2. The minimum atomic E-state index is -0.501. The van der Waals surface area contributed by atoms with Crippen molar-refractivity contribution in [3.05, 3.63) is 99.7 Å². The first-order valence-corrected chi connectivity index (χ1v) is 9.47. The summed E-state index contributed by atoms with van der Waals surface area (Å²) in [5, 5.41) is 17.4. The summed E-state index contributed by atoms with van der Waals surface area (Å²) >= 11 is 0. The van der Waals surface area contributed by atoms with Gasteiger partial charge in [0, 0.05) is 28.4 Å². The predicted molar refractivity (Wildman–Crippen MR) is 118 cm³/mol. The van der Waals surface area contributed by atoms with E-state index in [2.05, 4.69) is 15.6 Å². The Morgan fingerprint density at radius 2 is 1.65 bits per heavy atom. The SMILES string of the molecule is Cc1c(NC(=O)c2cc3cccc([N+](=O)[O-])c3[nH]2)cccc1C(=O)Nc1ccccc1. The second-order valence-corrected chi connectivity index (χ2v) is 6.93. The first kappa shape index (κ1) is 19.8. The van der Waals surface area contributed by atoms with E-state index in [1.807, 2.05) is 18.2 Å². The Hall–Kier alpha value is -4.46. The van der Waals surface area contributed by atoms with Gasteiger partial charge in [-0.15, -0.1) is 0 Å². The van der Waals surface area contributed by atoms with Gasteiger partial charge in [-0.2, -0.15) is 0 Å². The number of rotatable bonds is 5. The number of H-pyrrole nitrogens is 1. The van der Waals surface area contributed by atoms with Crippen LogP contribution >= 0.6 is 0 Å². The Morgan fingerprint density at radius 1 is 0.903 bits per heavy atom. The Labute approximate surface area is 177 Å². The van der Waals surface area contributed by atoms with Crippen LogP contribution in [0.15, 0.2) is 72.8 Å². The predicted octanol–water partition coefficient (Wildman–Crippen LogP) is 4.89. The summed E-state index contributed by atoms with van der Waals surface area (Å²) in [7, 11) is 0. The monoisotopic (exact) mass is 414 g/mol. The fourth-order valence-corrected chi connectivity index (χ4v) is 3.34. The van der Waals surface area contributed by atoms with Crippen molar-refractivity contribution < 1.29 is 14.5 Å². The number of carbonyl (C=O) groups excluding carboxylic acids is 2. The number of fused-ring (bicyclic) bond motifs is 1. The van der Waals surface area contributed by atoms with Crippen LogP contribution in [-0.4, -0.2) is 21.7 Å². The van der Waals surface area contributed by atoms with Gasteiger partial charge in [0.2, 0.25) is 0 Å². The molecule has 0 saturated carbocycles. The van der Waals surface area contributed by atoms with Gasteiger partial charge in [-0.05, 0) is 42.8 Å². The number of para-hydroxylation sites is 2. The third-order valence-electron chi connectivity index (χ3n) is 4.93. The largest absolute Gasteiger partial charge is 0.345 e. The van der Waals surface area contributed by atoms with E-state index in [1.54, 1.807) is 55.5 Å². The fraction of sp³-hybridized carbons (Fsp3) is 0.0435. The van der Waals surface area contributed by atoms with E-state index in [1.165, 1.54) is 6.07 Å². The first-order valence-electron chi connectivity index (χ1n) is 9.47. The van der Waals surface area contributed by atoms with Gasteiger partial charge in [0.05, 0.1) is 4.92 Å². The summed E-state index contributed by atoms with van der Waals surface area (Å²) in [5.74, 6) is -0.754. The van der Waals surface area contributed by atoms with Crippen LogP contribution in [0.3, 0.4) is 0 Å². The summed E-state index contributed by atoms with van der Waals surface area (Å²) in [5.41, 5.74) is 2.53. The molecular formula is C23H18N4O4. The molecule has 0 spiro atoms. The van der Waals surface area contributed by atoms with E-state index >= 15 is 0 Å². The second kappa shape index (κ2) is 8.11. The van der Waals surface area contributed by atoms with Crippen molar-refractivity contribution in [2.24, 2.45) is 0 Å². The number of hydrogen-bond donors (Lipinski definition) is 3. The number of carbonyl (C=O) groups is 2. The maximum Gasteiger partial charge on any atom is 0.293 e. The molecule has 0 aliphatic heterocycles. The van der Waals surface area contributed by atoms with E-state index in [4.69, 9.17) is 0 Å². The summed E-state index contributed by atoms with van der Waals surface area (Å²) in [4.78, 5) is 39.0. The number of nitrogens with one attached hydrogen (secondary N) is 3. The van der Waals surface area contributed by atoms with Crippen molar-refractivity contribution in [1.82, 2.24) is 4.98 Å². The maximum absolute atomic E-state index is 12.8. The number of non-ortho nitro benzene ring substituents is 1. The fourth-order valence-electron chi connectivity index (χ4n) is 3.34. The third kappa shape index (κ3) is 3.99. The molecule has 1 heterocycles. The van der Waals surface area contributed by atoms with E-state index in [9.17, 15) is 19.7 Å². The molecule has 8 heteroatoms. The topological polar surface area (TPSA) is 117 Å². The highest BCUT2D eigenvalue weighted by atomic mass is 16.6. The lowest BCUT2D eigenvalue weighted by Crippen LogP contribution is -2.17. The van der Waals surface area contributed by atoms with Crippen LogP contribution in [0.25, 0.3) is 10.9 Å². The van der Waals surface area contributed by atoms with Crippen molar-refractivity contribution in [2.75, 3.05) is 10.6 Å². The summed E-state index contributed by atoms with van der Waals surface area (Å²) in [6.45, 7) is 1.74. The lowest BCUT2D eigenvalue weighted by atomic mass is 10.1. The minimum Gasteiger partial charge on any atom is -0.345 e. The van der Waals surface area contributed by atoms with Crippen LogP contribution in [0.1, 0.15) is 26.4 Å². The highest BCUT2D eigenvalue weighted by Gasteiger charge is 2.18. The molecule has 0 fully saturated rings. The van der Waals surface area contributed by atoms with E-state index in [-0.39, 0.29) is 22.8 Å². The van der Waals surface area contributed by atoms with Gasteiger partial charge in [-0.25, -0.2) is 0 Å². The van der Waals surface area contributed by atoms with E-state index in [0.717, 1.165) is 0 Å². The highest BCUT2D eigenvalue weighted by Crippen LogP contribution is 2.26.